The van der Waals surface area contributed by atoms with Crippen LogP contribution >= 0.6 is 34.3 Å². The van der Waals surface area contributed by atoms with E-state index in [4.69, 9.17) is 11.6 Å². The molecule has 1 aliphatic rings. The normalized spacial score (nSPS) is 18.6. The number of ketones is 1. The summed E-state index contributed by atoms with van der Waals surface area (Å²) in [5.74, 6) is -0.233. The molecule has 3 rings (SSSR count). The van der Waals surface area contributed by atoms with Gasteiger partial charge in [0, 0.05) is 22.7 Å². The number of nitrogens with one attached hydrogen (secondary N) is 1. The van der Waals surface area contributed by atoms with Crippen LogP contribution in [0.5, 0.6) is 0 Å². The Kier molecular flexibility index (Phi) is 5.64. The minimum Gasteiger partial charge on any atom is -0.301 e. The number of aromatic nitrogens is 2. The Hall–Kier alpha value is -1.90. The van der Waals surface area contributed by atoms with E-state index in [1.54, 1.807) is 23.7 Å². The van der Waals surface area contributed by atoms with Crippen molar-refractivity contribution in [2.45, 2.75) is 31.7 Å². The molecule has 2 aromatic heterocycles. The van der Waals surface area contributed by atoms with Crippen molar-refractivity contribution in [2.24, 2.45) is 4.99 Å². The summed E-state index contributed by atoms with van der Waals surface area (Å²) >= 11 is 8.23. The molecule has 0 aliphatic carbocycles. The molecule has 1 aliphatic heterocycles. The van der Waals surface area contributed by atoms with Crippen molar-refractivity contribution < 1.29 is 9.59 Å². The van der Waals surface area contributed by atoms with Crippen LogP contribution in [-0.4, -0.2) is 33.8 Å². The second-order valence-corrected chi connectivity index (χ2v) is 8.24. The van der Waals surface area contributed by atoms with Crippen molar-refractivity contribution in [3.05, 3.63) is 39.3 Å². The van der Waals surface area contributed by atoms with Gasteiger partial charge < -0.3 is 5.32 Å². The number of allylic oxidation sites excluding steroid dienone is 1. The molecule has 1 amide bonds. The van der Waals surface area contributed by atoms with Gasteiger partial charge in [-0.3, -0.25) is 14.6 Å². The van der Waals surface area contributed by atoms with Crippen LogP contribution in [0, 0.1) is 0 Å². The smallest absolute Gasteiger partial charge is 0.241 e. The van der Waals surface area contributed by atoms with Gasteiger partial charge in [-0.25, -0.2) is 9.97 Å². The lowest BCUT2D eigenvalue weighted by Crippen LogP contribution is -2.32. The van der Waals surface area contributed by atoms with Gasteiger partial charge in [0.05, 0.1) is 12.1 Å². The molecule has 6 nitrogen and oxygen atoms in total. The van der Waals surface area contributed by atoms with E-state index in [9.17, 15) is 9.59 Å². The molecule has 9 heteroatoms. The number of amides is 1. The summed E-state index contributed by atoms with van der Waals surface area (Å²) in [6, 6.07) is 0. The molecule has 0 fully saturated rings. The summed E-state index contributed by atoms with van der Waals surface area (Å²) in [4.78, 5) is 38.7. The van der Waals surface area contributed by atoms with Gasteiger partial charge in [0.2, 0.25) is 5.91 Å². The first kappa shape index (κ1) is 18.9. The quantitative estimate of drug-likeness (QED) is 0.710. The first-order chi connectivity index (χ1) is 12.4. The highest BCUT2D eigenvalue weighted by Crippen LogP contribution is 2.37. The number of carbonyl (C=O) groups is 2. The Morgan fingerprint density at radius 2 is 2.19 bits per heavy atom. The van der Waals surface area contributed by atoms with Gasteiger partial charge in [0.1, 0.15) is 10.9 Å². The van der Waals surface area contributed by atoms with Crippen molar-refractivity contribution in [3.63, 3.8) is 0 Å². The molecule has 1 atom stereocenters. The zero-order chi connectivity index (χ0) is 18.7. The number of rotatable bonds is 7. The number of nitrogens with zero attached hydrogens (tertiary/aromatic N) is 3. The molecule has 0 radical (unpaired) electrons. The van der Waals surface area contributed by atoms with E-state index in [0.29, 0.717) is 21.8 Å². The molecule has 26 heavy (non-hydrogen) atoms. The highest BCUT2D eigenvalue weighted by atomic mass is 35.5. The maximum atomic E-state index is 13.1. The van der Waals surface area contributed by atoms with E-state index < -0.39 is 5.54 Å². The van der Waals surface area contributed by atoms with E-state index in [1.165, 1.54) is 22.7 Å². The summed E-state index contributed by atoms with van der Waals surface area (Å²) in [6.07, 6.45) is 7.08. The van der Waals surface area contributed by atoms with E-state index in [-0.39, 0.29) is 24.0 Å². The number of alkyl halides is 1. The van der Waals surface area contributed by atoms with Crippen molar-refractivity contribution in [1.29, 1.82) is 0 Å². The fourth-order valence-corrected chi connectivity index (χ4v) is 4.28. The summed E-state index contributed by atoms with van der Waals surface area (Å²) in [5, 5.41) is 5.43. The van der Waals surface area contributed by atoms with Gasteiger partial charge in [-0.2, -0.15) is 0 Å². The van der Waals surface area contributed by atoms with Crippen LogP contribution in [0.2, 0.25) is 0 Å². The summed E-state index contributed by atoms with van der Waals surface area (Å²) in [5.41, 5.74) is -0.499. The average molecular weight is 409 g/mol. The molecular weight excluding hydrogens is 392 g/mol. The summed E-state index contributed by atoms with van der Waals surface area (Å²) < 4.78 is 0. The third-order valence-corrected chi connectivity index (χ3v) is 6.28. The van der Waals surface area contributed by atoms with Gasteiger partial charge in [0.15, 0.2) is 16.5 Å². The predicted molar refractivity (Wildman–Crippen MR) is 106 cm³/mol. The SMILES string of the molecule is CC(C)c1cnc(C2(C(=O)Cc3csc(NC(=O)CCl)n3)C=CC=N2)s1. The van der Waals surface area contributed by atoms with Gasteiger partial charge in [0.25, 0.3) is 0 Å². The van der Waals surface area contributed by atoms with E-state index in [2.05, 4.69) is 34.1 Å². The molecule has 0 bridgehead atoms. The van der Waals surface area contributed by atoms with E-state index >= 15 is 0 Å². The van der Waals surface area contributed by atoms with Crippen molar-refractivity contribution in [1.82, 2.24) is 9.97 Å². The Bertz CT molecular complexity index is 873. The number of carbonyl (C=O) groups excluding carboxylic acids is 2. The van der Waals surface area contributed by atoms with Crippen molar-refractivity contribution in [2.75, 3.05) is 11.2 Å². The van der Waals surface area contributed by atoms with Crippen molar-refractivity contribution >= 4 is 57.3 Å². The van der Waals surface area contributed by atoms with Crippen LogP contribution in [0.3, 0.4) is 0 Å². The van der Waals surface area contributed by atoms with E-state index in [0.717, 1.165) is 4.88 Å². The fourth-order valence-electron chi connectivity index (χ4n) is 2.42. The fraction of sp³-hybridized carbons (Fsp3) is 0.353. The van der Waals surface area contributed by atoms with Gasteiger partial charge in [-0.15, -0.1) is 34.3 Å². The standard InChI is InChI=1S/C17H17ClN4O2S2/c1-10(2)12-8-19-15(26-12)17(4-3-5-20-17)13(23)6-11-9-25-16(21-11)22-14(24)7-18/h3-5,8-10H,6-7H2,1-2H3,(H,21,22,24). The van der Waals surface area contributed by atoms with Crippen LogP contribution in [0.15, 0.2) is 28.7 Å². The summed E-state index contributed by atoms with van der Waals surface area (Å²) in [7, 11) is 0. The number of hydrogen-bond acceptors (Lipinski definition) is 7. The van der Waals surface area contributed by atoms with Gasteiger partial charge in [-0.1, -0.05) is 13.8 Å². The van der Waals surface area contributed by atoms with Crippen LogP contribution in [0.4, 0.5) is 5.13 Å². The zero-order valence-corrected chi connectivity index (χ0v) is 16.6. The lowest BCUT2D eigenvalue weighted by Gasteiger charge is -2.19. The number of hydrogen-bond donors (Lipinski definition) is 1. The Morgan fingerprint density at radius 1 is 1.38 bits per heavy atom. The molecule has 0 saturated carbocycles. The Morgan fingerprint density at radius 3 is 2.81 bits per heavy atom. The van der Waals surface area contributed by atoms with Crippen LogP contribution < -0.4 is 5.32 Å². The molecule has 0 aromatic carbocycles. The second-order valence-electron chi connectivity index (χ2n) is 6.05. The highest BCUT2D eigenvalue weighted by Gasteiger charge is 2.41. The molecule has 2 aromatic rings. The molecule has 1 unspecified atom stereocenters. The first-order valence-electron chi connectivity index (χ1n) is 7.97. The lowest BCUT2D eigenvalue weighted by molar-refractivity contribution is -0.122. The molecule has 0 saturated heterocycles. The number of thiazole rings is 2. The maximum Gasteiger partial charge on any atom is 0.241 e. The Balaban J connectivity index is 1.81. The highest BCUT2D eigenvalue weighted by molar-refractivity contribution is 7.14. The van der Waals surface area contributed by atoms with Crippen LogP contribution in [0.25, 0.3) is 0 Å². The molecule has 1 N–H and O–H groups in total. The second kappa shape index (κ2) is 7.77. The molecule has 3 heterocycles. The number of aliphatic imine (C=N–C) groups is 1. The maximum absolute atomic E-state index is 13.1. The van der Waals surface area contributed by atoms with Crippen LogP contribution in [-0.2, 0) is 21.5 Å². The van der Waals surface area contributed by atoms with Gasteiger partial charge >= 0.3 is 0 Å². The third kappa shape index (κ3) is 3.77. The average Bonchev–Trinajstić information content (AvgIpc) is 3.35. The zero-order valence-electron chi connectivity index (χ0n) is 14.2. The minimum absolute atomic E-state index is 0.103. The van der Waals surface area contributed by atoms with Crippen LogP contribution in [0.1, 0.15) is 35.3 Å². The van der Waals surface area contributed by atoms with E-state index in [1.807, 2.05) is 6.20 Å². The molecule has 0 spiro atoms. The predicted octanol–water partition coefficient (Wildman–Crippen LogP) is 3.55. The number of anilines is 1. The summed E-state index contributed by atoms with van der Waals surface area (Å²) in [6.45, 7) is 4.18. The first-order valence-corrected chi connectivity index (χ1v) is 10.2. The molecule has 136 valence electrons. The largest absolute Gasteiger partial charge is 0.301 e. The minimum atomic E-state index is -1.08. The van der Waals surface area contributed by atoms with Gasteiger partial charge in [-0.05, 0) is 18.1 Å². The monoisotopic (exact) mass is 408 g/mol. The number of Topliss-reactive ketones (excluding diaryl/α,β-unsaturated/α-hetero) is 1. The van der Waals surface area contributed by atoms with Crippen molar-refractivity contribution in [3.8, 4) is 0 Å². The topological polar surface area (TPSA) is 84.3 Å². The lowest BCUT2D eigenvalue weighted by atomic mass is 9.93. The Labute approximate surface area is 164 Å². The number of halogens is 1. The third-order valence-electron chi connectivity index (χ3n) is 3.81. The molecular formula is C17H17ClN4O2S2.